The molecule has 0 N–H and O–H groups in total. The molecule has 0 aliphatic carbocycles. The Morgan fingerprint density at radius 1 is 1.55 bits per heavy atom. The number of hydrogen-bond acceptors (Lipinski definition) is 1. The van der Waals surface area contributed by atoms with Crippen molar-refractivity contribution in [3.63, 3.8) is 0 Å². The van der Waals surface area contributed by atoms with Crippen LogP contribution in [0.3, 0.4) is 0 Å². The average molecular weight is 233 g/mol. The lowest BCUT2D eigenvalue weighted by molar-refractivity contribution is 0.112. The molecular formula is C8H6BrClO. The number of carbonyl (C=O) groups is 1. The smallest absolute Gasteiger partial charge is 0.150 e. The summed E-state index contributed by atoms with van der Waals surface area (Å²) in [6, 6.07) is 5.19. The van der Waals surface area contributed by atoms with E-state index in [0.29, 0.717) is 15.9 Å². The maximum absolute atomic E-state index is 10.3. The van der Waals surface area contributed by atoms with Crippen LogP contribution in [0.5, 0.6) is 0 Å². The summed E-state index contributed by atoms with van der Waals surface area (Å²) in [6.07, 6.45) is 0.808. The van der Waals surface area contributed by atoms with Crippen molar-refractivity contribution in [3.05, 3.63) is 34.3 Å². The molecule has 0 atom stereocenters. The zero-order valence-corrected chi connectivity index (χ0v) is 8.02. The first-order valence-corrected chi connectivity index (χ1v) is 4.57. The minimum Gasteiger partial charge on any atom is -0.298 e. The van der Waals surface area contributed by atoms with Crippen LogP contribution in [-0.2, 0) is 5.33 Å². The zero-order valence-electron chi connectivity index (χ0n) is 5.68. The van der Waals surface area contributed by atoms with Crippen LogP contribution in [-0.4, -0.2) is 6.29 Å². The Hall–Kier alpha value is -0.340. The van der Waals surface area contributed by atoms with Crippen LogP contribution in [0.25, 0.3) is 0 Å². The summed E-state index contributed by atoms with van der Waals surface area (Å²) < 4.78 is 0. The van der Waals surface area contributed by atoms with Gasteiger partial charge in [0.05, 0.1) is 0 Å². The molecule has 0 aliphatic heterocycles. The third kappa shape index (κ3) is 2.04. The number of benzene rings is 1. The molecule has 11 heavy (non-hydrogen) atoms. The van der Waals surface area contributed by atoms with Gasteiger partial charge in [-0.2, -0.15) is 0 Å². The minimum absolute atomic E-state index is 0.656. The predicted octanol–water partition coefficient (Wildman–Crippen LogP) is 3.05. The van der Waals surface area contributed by atoms with Gasteiger partial charge in [0.2, 0.25) is 0 Å². The molecule has 1 rings (SSSR count). The standard InChI is InChI=1S/C8H6BrClO/c9-4-7-3-6(5-11)1-2-8(7)10/h1-3,5H,4H2. The van der Waals surface area contributed by atoms with E-state index < -0.39 is 0 Å². The van der Waals surface area contributed by atoms with Gasteiger partial charge in [-0.15, -0.1) is 0 Å². The first kappa shape index (κ1) is 8.75. The zero-order chi connectivity index (χ0) is 8.27. The van der Waals surface area contributed by atoms with Crippen LogP contribution in [0, 0.1) is 0 Å². The highest BCUT2D eigenvalue weighted by Gasteiger charge is 1.98. The summed E-state index contributed by atoms with van der Waals surface area (Å²) in [7, 11) is 0. The Morgan fingerprint density at radius 2 is 2.27 bits per heavy atom. The Balaban J connectivity index is 3.12. The average Bonchev–Trinajstić information content (AvgIpc) is 2.05. The fourth-order valence-corrected chi connectivity index (χ4v) is 1.58. The van der Waals surface area contributed by atoms with Gasteiger partial charge < -0.3 is 0 Å². The maximum atomic E-state index is 10.3. The van der Waals surface area contributed by atoms with Crippen molar-refractivity contribution in [1.29, 1.82) is 0 Å². The molecule has 58 valence electrons. The molecule has 0 radical (unpaired) electrons. The molecule has 1 aromatic carbocycles. The van der Waals surface area contributed by atoms with Crippen molar-refractivity contribution in [2.75, 3.05) is 0 Å². The number of aldehydes is 1. The number of hydrogen-bond donors (Lipinski definition) is 0. The van der Waals surface area contributed by atoms with Crippen LogP contribution in [0.15, 0.2) is 18.2 Å². The van der Waals surface area contributed by atoms with Gasteiger partial charge in [-0.05, 0) is 17.7 Å². The highest BCUT2D eigenvalue weighted by molar-refractivity contribution is 9.08. The van der Waals surface area contributed by atoms with E-state index in [1.165, 1.54) is 0 Å². The van der Waals surface area contributed by atoms with Crippen LogP contribution in [0.2, 0.25) is 5.02 Å². The van der Waals surface area contributed by atoms with E-state index in [2.05, 4.69) is 15.9 Å². The van der Waals surface area contributed by atoms with Gasteiger partial charge in [0.1, 0.15) is 6.29 Å². The Labute approximate surface area is 78.5 Å². The van der Waals surface area contributed by atoms with E-state index in [1.807, 2.05) is 0 Å². The molecule has 0 amide bonds. The van der Waals surface area contributed by atoms with Crippen LogP contribution >= 0.6 is 27.5 Å². The second-order valence-electron chi connectivity index (χ2n) is 2.10. The molecule has 0 bridgehead atoms. The van der Waals surface area contributed by atoms with E-state index in [4.69, 9.17) is 11.6 Å². The normalized spacial score (nSPS) is 9.64. The molecule has 0 saturated heterocycles. The fourth-order valence-electron chi connectivity index (χ4n) is 0.770. The van der Waals surface area contributed by atoms with Gasteiger partial charge >= 0.3 is 0 Å². The predicted molar refractivity (Wildman–Crippen MR) is 49.5 cm³/mol. The van der Waals surface area contributed by atoms with Crippen LogP contribution < -0.4 is 0 Å². The monoisotopic (exact) mass is 232 g/mol. The third-order valence-corrected chi connectivity index (χ3v) is 2.32. The lowest BCUT2D eigenvalue weighted by Crippen LogP contribution is -1.84. The van der Waals surface area contributed by atoms with Crippen molar-refractivity contribution in [2.45, 2.75) is 5.33 Å². The lowest BCUT2D eigenvalue weighted by Gasteiger charge is -1.98. The van der Waals surface area contributed by atoms with Crippen LogP contribution in [0.1, 0.15) is 15.9 Å². The molecule has 0 fully saturated rings. The van der Waals surface area contributed by atoms with Crippen molar-refractivity contribution in [2.24, 2.45) is 0 Å². The topological polar surface area (TPSA) is 17.1 Å². The molecule has 0 aromatic heterocycles. The molecule has 0 spiro atoms. The molecule has 0 saturated carbocycles. The molecular weight excluding hydrogens is 227 g/mol. The van der Waals surface area contributed by atoms with Crippen molar-refractivity contribution >= 4 is 33.8 Å². The number of carbonyl (C=O) groups excluding carboxylic acids is 1. The van der Waals surface area contributed by atoms with Crippen molar-refractivity contribution in [3.8, 4) is 0 Å². The molecule has 0 heterocycles. The van der Waals surface area contributed by atoms with E-state index in [0.717, 1.165) is 11.8 Å². The summed E-state index contributed by atoms with van der Waals surface area (Å²) in [4.78, 5) is 10.3. The summed E-state index contributed by atoms with van der Waals surface area (Å²) >= 11 is 9.08. The van der Waals surface area contributed by atoms with Gasteiger partial charge in [0.15, 0.2) is 0 Å². The molecule has 0 unspecified atom stereocenters. The summed E-state index contributed by atoms with van der Waals surface area (Å²) in [5.74, 6) is 0. The van der Waals surface area contributed by atoms with Gasteiger partial charge in [-0.1, -0.05) is 33.6 Å². The Bertz CT molecular complexity index is 273. The fraction of sp³-hybridized carbons (Fsp3) is 0.125. The van der Waals surface area contributed by atoms with E-state index in [1.54, 1.807) is 18.2 Å². The van der Waals surface area contributed by atoms with E-state index >= 15 is 0 Å². The number of halogens is 2. The molecule has 3 heteroatoms. The summed E-state index contributed by atoms with van der Waals surface area (Å²) in [5.41, 5.74) is 1.60. The van der Waals surface area contributed by atoms with Crippen LogP contribution in [0.4, 0.5) is 0 Å². The van der Waals surface area contributed by atoms with Crippen molar-refractivity contribution < 1.29 is 4.79 Å². The first-order valence-electron chi connectivity index (χ1n) is 3.07. The first-order chi connectivity index (χ1) is 5.27. The summed E-state index contributed by atoms with van der Waals surface area (Å²) in [5, 5.41) is 1.36. The third-order valence-electron chi connectivity index (χ3n) is 1.35. The van der Waals surface area contributed by atoms with Crippen molar-refractivity contribution in [1.82, 2.24) is 0 Å². The second-order valence-corrected chi connectivity index (χ2v) is 3.07. The van der Waals surface area contributed by atoms with E-state index in [9.17, 15) is 4.79 Å². The number of alkyl halides is 1. The summed E-state index contributed by atoms with van der Waals surface area (Å²) in [6.45, 7) is 0. The maximum Gasteiger partial charge on any atom is 0.150 e. The highest BCUT2D eigenvalue weighted by Crippen LogP contribution is 2.19. The van der Waals surface area contributed by atoms with Gasteiger partial charge in [0.25, 0.3) is 0 Å². The molecule has 1 aromatic rings. The molecule has 0 aliphatic rings. The van der Waals surface area contributed by atoms with Gasteiger partial charge in [-0.25, -0.2) is 0 Å². The quantitative estimate of drug-likeness (QED) is 0.567. The lowest BCUT2D eigenvalue weighted by atomic mass is 10.2. The minimum atomic E-state index is 0.656. The van der Waals surface area contributed by atoms with E-state index in [-0.39, 0.29) is 0 Å². The molecule has 1 nitrogen and oxygen atoms in total. The largest absolute Gasteiger partial charge is 0.298 e. The SMILES string of the molecule is O=Cc1ccc(Cl)c(CBr)c1. The Morgan fingerprint density at radius 3 is 2.82 bits per heavy atom. The van der Waals surface area contributed by atoms with Gasteiger partial charge in [0, 0.05) is 15.9 Å². The number of rotatable bonds is 2. The van der Waals surface area contributed by atoms with Gasteiger partial charge in [-0.3, -0.25) is 4.79 Å². The highest BCUT2D eigenvalue weighted by atomic mass is 79.9. The Kier molecular flexibility index (Phi) is 3.09. The second kappa shape index (κ2) is 3.88.